The van der Waals surface area contributed by atoms with Crippen molar-refractivity contribution in [1.29, 1.82) is 0 Å². The van der Waals surface area contributed by atoms with Gasteiger partial charge in [-0.05, 0) is 39.2 Å². The van der Waals surface area contributed by atoms with Gasteiger partial charge < -0.3 is 43.4 Å². The number of rotatable bonds is 16. The molecule has 32 heavy (non-hydrogen) atoms. The van der Waals surface area contributed by atoms with Gasteiger partial charge in [0, 0.05) is 6.42 Å². The lowest BCUT2D eigenvalue weighted by Gasteiger charge is -2.23. The molecule has 4 atom stereocenters. The highest BCUT2D eigenvalue weighted by molar-refractivity contribution is 5.95. The van der Waals surface area contributed by atoms with E-state index in [1.165, 1.54) is 6.92 Å². The van der Waals surface area contributed by atoms with Crippen LogP contribution in [0.25, 0.3) is 0 Å². The van der Waals surface area contributed by atoms with E-state index in [1.807, 2.05) is 0 Å². The fourth-order valence-corrected chi connectivity index (χ4v) is 2.55. The highest BCUT2D eigenvalue weighted by atomic mass is 16.4. The Labute approximate surface area is 184 Å². The van der Waals surface area contributed by atoms with Crippen LogP contribution in [0.5, 0.6) is 0 Å². The van der Waals surface area contributed by atoms with E-state index in [-0.39, 0.29) is 12.8 Å². The molecule has 0 radical (unpaired) electrons. The van der Waals surface area contributed by atoms with Crippen LogP contribution in [0, 0.1) is 0 Å². The van der Waals surface area contributed by atoms with Crippen molar-refractivity contribution in [1.82, 2.24) is 16.0 Å². The number of nitrogens with one attached hydrogen (secondary N) is 3. The van der Waals surface area contributed by atoms with Gasteiger partial charge in [0.25, 0.3) is 0 Å². The number of carboxylic acids is 2. The number of hydrogen-bond acceptors (Lipinski definition) is 8. The summed E-state index contributed by atoms with van der Waals surface area (Å²) in [6.45, 7) is 1.67. The molecule has 14 nitrogen and oxygen atoms in total. The first-order valence-corrected chi connectivity index (χ1v) is 9.98. The van der Waals surface area contributed by atoms with E-state index in [4.69, 9.17) is 22.3 Å². The van der Waals surface area contributed by atoms with E-state index in [0.717, 1.165) is 0 Å². The lowest BCUT2D eigenvalue weighted by molar-refractivity contribution is -0.142. The molecule has 0 saturated carbocycles. The molecule has 0 heterocycles. The zero-order valence-electron chi connectivity index (χ0n) is 17.8. The molecule has 11 N–H and O–H groups in total. The molecule has 0 aliphatic heterocycles. The van der Waals surface area contributed by atoms with E-state index in [0.29, 0.717) is 19.4 Å². The highest BCUT2D eigenvalue weighted by Gasteiger charge is 2.28. The van der Waals surface area contributed by atoms with Gasteiger partial charge in [-0.1, -0.05) is 0 Å². The van der Waals surface area contributed by atoms with Crippen LogP contribution in [0.2, 0.25) is 0 Å². The third kappa shape index (κ3) is 11.8. The van der Waals surface area contributed by atoms with Crippen molar-refractivity contribution in [2.24, 2.45) is 17.2 Å². The van der Waals surface area contributed by atoms with Gasteiger partial charge in [-0.3, -0.25) is 24.0 Å². The van der Waals surface area contributed by atoms with Crippen LogP contribution in [-0.4, -0.2) is 76.5 Å². The minimum Gasteiger partial charge on any atom is -0.481 e. The first-order chi connectivity index (χ1) is 14.9. The van der Waals surface area contributed by atoms with Crippen LogP contribution in [-0.2, 0) is 28.8 Å². The Morgan fingerprint density at radius 1 is 0.844 bits per heavy atom. The largest absolute Gasteiger partial charge is 0.481 e. The average Bonchev–Trinajstić information content (AvgIpc) is 2.68. The molecule has 0 rings (SSSR count). The predicted molar refractivity (Wildman–Crippen MR) is 111 cm³/mol. The Bertz CT molecular complexity index is 701. The smallest absolute Gasteiger partial charge is 0.326 e. The normalized spacial score (nSPS) is 14.3. The third-order valence-electron chi connectivity index (χ3n) is 4.35. The molecule has 0 aromatic heterocycles. The summed E-state index contributed by atoms with van der Waals surface area (Å²) < 4.78 is 0. The summed E-state index contributed by atoms with van der Waals surface area (Å²) in [5, 5.41) is 24.9. The Hall–Kier alpha value is -3.26. The molecule has 0 bridgehead atoms. The van der Waals surface area contributed by atoms with Gasteiger partial charge in [0.05, 0.1) is 12.5 Å². The van der Waals surface area contributed by atoms with Gasteiger partial charge in [-0.15, -0.1) is 0 Å². The Balaban J connectivity index is 5.09. The molecule has 0 aliphatic rings. The van der Waals surface area contributed by atoms with Gasteiger partial charge >= 0.3 is 11.9 Å². The van der Waals surface area contributed by atoms with Gasteiger partial charge in [-0.2, -0.15) is 0 Å². The Kier molecular flexibility index (Phi) is 13.2. The maximum absolute atomic E-state index is 12.5. The van der Waals surface area contributed by atoms with Crippen LogP contribution in [0.4, 0.5) is 0 Å². The SMILES string of the molecule is CC(NC(=O)C(CCC(=O)O)NC(=O)C(N)CC(N)=O)C(=O)NC(CCCCN)C(=O)O. The molecule has 0 aliphatic carbocycles. The van der Waals surface area contributed by atoms with Crippen molar-refractivity contribution >= 4 is 35.6 Å². The number of aliphatic carboxylic acids is 2. The lowest BCUT2D eigenvalue weighted by Crippen LogP contribution is -2.56. The van der Waals surface area contributed by atoms with E-state index < -0.39 is 72.6 Å². The summed E-state index contributed by atoms with van der Waals surface area (Å²) in [4.78, 5) is 70.0. The van der Waals surface area contributed by atoms with Crippen molar-refractivity contribution in [3.8, 4) is 0 Å². The second-order valence-electron chi connectivity index (χ2n) is 7.18. The molecule has 182 valence electrons. The predicted octanol–water partition coefficient (Wildman–Crippen LogP) is -3.26. The van der Waals surface area contributed by atoms with Crippen LogP contribution in [0.3, 0.4) is 0 Å². The van der Waals surface area contributed by atoms with Crippen molar-refractivity contribution in [3.05, 3.63) is 0 Å². The second-order valence-corrected chi connectivity index (χ2v) is 7.18. The van der Waals surface area contributed by atoms with Gasteiger partial charge in [0.1, 0.15) is 18.1 Å². The molecule has 0 aromatic carbocycles. The molecule has 0 fully saturated rings. The minimum absolute atomic E-state index is 0.147. The molecule has 4 unspecified atom stereocenters. The molecule has 0 saturated heterocycles. The summed E-state index contributed by atoms with van der Waals surface area (Å²) >= 11 is 0. The summed E-state index contributed by atoms with van der Waals surface area (Å²) in [5.74, 6) is -5.90. The van der Waals surface area contributed by atoms with Crippen LogP contribution < -0.4 is 33.2 Å². The fraction of sp³-hybridized carbons (Fsp3) is 0.667. The monoisotopic (exact) mass is 460 g/mol. The molecule has 0 aromatic rings. The topological polar surface area (TPSA) is 257 Å². The van der Waals surface area contributed by atoms with E-state index in [9.17, 15) is 33.9 Å². The maximum Gasteiger partial charge on any atom is 0.326 e. The summed E-state index contributed by atoms with van der Waals surface area (Å²) in [5.41, 5.74) is 15.9. The first kappa shape index (κ1) is 28.7. The number of carbonyl (C=O) groups excluding carboxylic acids is 4. The van der Waals surface area contributed by atoms with Crippen molar-refractivity contribution in [2.75, 3.05) is 6.54 Å². The van der Waals surface area contributed by atoms with E-state index in [1.54, 1.807) is 0 Å². The number of hydrogen-bond donors (Lipinski definition) is 8. The summed E-state index contributed by atoms with van der Waals surface area (Å²) in [6, 6.07) is -5.09. The van der Waals surface area contributed by atoms with Crippen LogP contribution >= 0.6 is 0 Å². The van der Waals surface area contributed by atoms with Gasteiger partial charge in [0.15, 0.2) is 0 Å². The number of carbonyl (C=O) groups is 6. The Morgan fingerprint density at radius 3 is 1.94 bits per heavy atom. The zero-order valence-corrected chi connectivity index (χ0v) is 17.8. The fourth-order valence-electron chi connectivity index (χ4n) is 2.55. The van der Waals surface area contributed by atoms with Crippen molar-refractivity contribution in [2.45, 2.75) is 69.6 Å². The number of carboxylic acid groups (broad SMARTS) is 2. The Morgan fingerprint density at radius 2 is 1.44 bits per heavy atom. The number of amides is 4. The first-order valence-electron chi connectivity index (χ1n) is 9.98. The number of unbranched alkanes of at least 4 members (excludes halogenated alkanes) is 1. The molecular formula is C18H32N6O8. The third-order valence-corrected chi connectivity index (χ3v) is 4.35. The van der Waals surface area contributed by atoms with Gasteiger partial charge in [0.2, 0.25) is 23.6 Å². The molecular weight excluding hydrogens is 428 g/mol. The van der Waals surface area contributed by atoms with Crippen molar-refractivity contribution in [3.63, 3.8) is 0 Å². The maximum atomic E-state index is 12.5. The molecule has 4 amide bonds. The zero-order chi connectivity index (χ0) is 24.8. The van der Waals surface area contributed by atoms with Gasteiger partial charge in [-0.25, -0.2) is 4.79 Å². The van der Waals surface area contributed by atoms with Crippen LogP contribution in [0.1, 0.15) is 45.4 Å². The van der Waals surface area contributed by atoms with Crippen LogP contribution in [0.15, 0.2) is 0 Å². The summed E-state index contributed by atoms with van der Waals surface area (Å²) in [6.07, 6.45) is -0.0850. The standard InChI is InChI=1S/C18H32N6O8/c1-9(15(28)24-12(18(31)32)4-2-3-7-19)22-17(30)11(5-6-14(26)27)23-16(29)10(20)8-13(21)25/h9-12H,2-8,19-20H2,1H3,(H2,21,25)(H,22,30)(H,23,29)(H,24,28)(H,26,27)(H,31,32). The van der Waals surface area contributed by atoms with Crippen molar-refractivity contribution < 1.29 is 39.0 Å². The molecule has 0 spiro atoms. The number of primary amides is 1. The summed E-state index contributed by atoms with van der Waals surface area (Å²) in [7, 11) is 0. The quantitative estimate of drug-likeness (QED) is 0.107. The molecule has 14 heteroatoms. The highest BCUT2D eigenvalue weighted by Crippen LogP contribution is 2.03. The van der Waals surface area contributed by atoms with E-state index in [2.05, 4.69) is 16.0 Å². The minimum atomic E-state index is -1.37. The number of nitrogens with two attached hydrogens (primary N) is 3. The van der Waals surface area contributed by atoms with E-state index >= 15 is 0 Å². The average molecular weight is 460 g/mol. The second kappa shape index (κ2) is 14.7. The lowest BCUT2D eigenvalue weighted by atomic mass is 10.1.